The van der Waals surface area contributed by atoms with Crippen LogP contribution in [0.2, 0.25) is 0 Å². The number of methoxy groups -OCH3 is 2. The Labute approximate surface area is 155 Å². The molecule has 0 saturated carbocycles. The Balaban J connectivity index is 2.07. The molecule has 2 unspecified atom stereocenters. The highest BCUT2D eigenvalue weighted by Gasteiger charge is 2.19. The Hall–Kier alpha value is -2.53. The van der Waals surface area contributed by atoms with Crippen LogP contribution >= 0.6 is 0 Å². The van der Waals surface area contributed by atoms with Crippen molar-refractivity contribution in [2.45, 2.75) is 39.8 Å². The summed E-state index contributed by atoms with van der Waals surface area (Å²) in [6.45, 7) is 7.93. The molecule has 2 aromatic rings. The van der Waals surface area contributed by atoms with Gasteiger partial charge >= 0.3 is 0 Å². The summed E-state index contributed by atoms with van der Waals surface area (Å²) in [7, 11) is 3.26. The number of nitrogens with one attached hydrogen (secondary N) is 2. The molecule has 2 aromatic carbocycles. The molecule has 0 bridgehead atoms. The molecule has 140 valence electrons. The molecular weight excluding hydrogens is 328 g/mol. The topological polar surface area (TPSA) is 59.6 Å². The minimum absolute atomic E-state index is 0.0815. The van der Waals surface area contributed by atoms with Crippen LogP contribution in [0.1, 0.15) is 36.6 Å². The lowest BCUT2D eigenvalue weighted by Crippen LogP contribution is -2.39. The highest BCUT2D eigenvalue weighted by atomic mass is 16.5. The Kier molecular flexibility index (Phi) is 6.64. The van der Waals surface area contributed by atoms with E-state index in [1.807, 2.05) is 64.1 Å². The highest BCUT2D eigenvalue weighted by Crippen LogP contribution is 2.29. The number of anilines is 1. The van der Waals surface area contributed by atoms with E-state index in [2.05, 4.69) is 10.6 Å². The minimum atomic E-state index is -0.373. The van der Waals surface area contributed by atoms with Crippen molar-refractivity contribution in [2.24, 2.45) is 0 Å². The molecule has 1 amide bonds. The van der Waals surface area contributed by atoms with Crippen LogP contribution < -0.4 is 20.1 Å². The number of carbonyl (C=O) groups excluding carboxylic acids is 1. The lowest BCUT2D eigenvalue weighted by molar-refractivity contribution is -0.117. The first kappa shape index (κ1) is 19.8. The first-order valence-corrected chi connectivity index (χ1v) is 8.71. The SMILES string of the molecule is COc1ccc(OC)c(C(C)NC(C)C(=O)Nc2ccc(C)c(C)c2)c1. The predicted molar refractivity (Wildman–Crippen MR) is 105 cm³/mol. The Morgan fingerprint density at radius 2 is 1.69 bits per heavy atom. The van der Waals surface area contributed by atoms with Crippen LogP contribution in [0.4, 0.5) is 5.69 Å². The van der Waals surface area contributed by atoms with Crippen LogP contribution in [-0.4, -0.2) is 26.2 Å². The van der Waals surface area contributed by atoms with Crippen LogP contribution in [0.3, 0.4) is 0 Å². The first-order valence-electron chi connectivity index (χ1n) is 8.71. The molecule has 2 N–H and O–H groups in total. The maximum atomic E-state index is 12.5. The molecule has 0 saturated heterocycles. The van der Waals surface area contributed by atoms with Crippen LogP contribution in [0.5, 0.6) is 11.5 Å². The van der Waals surface area contributed by atoms with Gasteiger partial charge in [-0.2, -0.15) is 0 Å². The zero-order valence-electron chi connectivity index (χ0n) is 16.3. The van der Waals surface area contributed by atoms with Crippen molar-refractivity contribution in [3.63, 3.8) is 0 Å². The fourth-order valence-corrected chi connectivity index (χ4v) is 2.79. The summed E-state index contributed by atoms with van der Waals surface area (Å²) >= 11 is 0. The largest absolute Gasteiger partial charge is 0.497 e. The van der Waals surface area contributed by atoms with E-state index in [1.165, 1.54) is 5.56 Å². The van der Waals surface area contributed by atoms with Crippen molar-refractivity contribution in [1.82, 2.24) is 5.32 Å². The lowest BCUT2D eigenvalue weighted by Gasteiger charge is -2.22. The number of ether oxygens (including phenoxy) is 2. The fourth-order valence-electron chi connectivity index (χ4n) is 2.79. The molecule has 0 aliphatic rings. The van der Waals surface area contributed by atoms with E-state index in [9.17, 15) is 4.79 Å². The maximum Gasteiger partial charge on any atom is 0.241 e. The summed E-state index contributed by atoms with van der Waals surface area (Å²) in [6.07, 6.45) is 0. The second kappa shape index (κ2) is 8.72. The van der Waals surface area contributed by atoms with Crippen molar-refractivity contribution >= 4 is 11.6 Å². The monoisotopic (exact) mass is 356 g/mol. The van der Waals surface area contributed by atoms with Gasteiger partial charge in [0.25, 0.3) is 0 Å². The number of hydrogen-bond donors (Lipinski definition) is 2. The highest BCUT2D eigenvalue weighted by molar-refractivity contribution is 5.94. The molecule has 5 nitrogen and oxygen atoms in total. The third-order valence-corrected chi connectivity index (χ3v) is 4.57. The number of benzene rings is 2. The molecule has 2 atom stereocenters. The molecule has 0 aliphatic carbocycles. The van der Waals surface area contributed by atoms with Gasteiger partial charge in [0.2, 0.25) is 5.91 Å². The summed E-state index contributed by atoms with van der Waals surface area (Å²) in [4.78, 5) is 12.5. The second-order valence-corrected chi connectivity index (χ2v) is 6.51. The van der Waals surface area contributed by atoms with Gasteiger partial charge in [0.15, 0.2) is 0 Å². The number of carbonyl (C=O) groups is 1. The van der Waals surface area contributed by atoms with Crippen molar-refractivity contribution in [2.75, 3.05) is 19.5 Å². The van der Waals surface area contributed by atoms with Gasteiger partial charge in [-0.3, -0.25) is 10.1 Å². The van der Waals surface area contributed by atoms with Gasteiger partial charge in [-0.15, -0.1) is 0 Å². The van der Waals surface area contributed by atoms with Gasteiger partial charge in [0.05, 0.1) is 20.3 Å². The third-order valence-electron chi connectivity index (χ3n) is 4.57. The van der Waals surface area contributed by atoms with E-state index in [0.717, 1.165) is 28.3 Å². The van der Waals surface area contributed by atoms with Gasteiger partial charge in [-0.1, -0.05) is 6.07 Å². The standard InChI is InChI=1S/C21H28N2O3/c1-13-7-8-17(11-14(13)2)23-21(24)16(4)22-15(3)19-12-18(25-5)9-10-20(19)26-6/h7-12,15-16,22H,1-6H3,(H,23,24). The molecule has 0 fully saturated rings. The van der Waals surface area contributed by atoms with Gasteiger partial charge < -0.3 is 14.8 Å². The average molecular weight is 356 g/mol. The van der Waals surface area contributed by atoms with Gasteiger partial charge in [0.1, 0.15) is 11.5 Å². The molecule has 5 heteroatoms. The molecular formula is C21H28N2O3. The third kappa shape index (κ3) is 4.76. The van der Waals surface area contributed by atoms with E-state index in [4.69, 9.17) is 9.47 Å². The van der Waals surface area contributed by atoms with Crippen LogP contribution in [0.15, 0.2) is 36.4 Å². The number of amides is 1. The molecule has 2 rings (SSSR count). The maximum absolute atomic E-state index is 12.5. The zero-order chi connectivity index (χ0) is 19.3. The van der Waals surface area contributed by atoms with Gasteiger partial charge in [-0.25, -0.2) is 0 Å². The summed E-state index contributed by atoms with van der Waals surface area (Å²) < 4.78 is 10.7. The van der Waals surface area contributed by atoms with E-state index >= 15 is 0 Å². The number of aryl methyl sites for hydroxylation is 2. The average Bonchev–Trinajstić information content (AvgIpc) is 2.63. The van der Waals surface area contributed by atoms with Gasteiger partial charge in [0, 0.05) is 17.3 Å². The van der Waals surface area contributed by atoms with Crippen LogP contribution in [-0.2, 0) is 4.79 Å². The molecule has 0 aromatic heterocycles. The second-order valence-electron chi connectivity index (χ2n) is 6.51. The minimum Gasteiger partial charge on any atom is -0.497 e. The smallest absolute Gasteiger partial charge is 0.241 e. The summed E-state index contributed by atoms with van der Waals surface area (Å²) in [5, 5.41) is 6.28. The summed E-state index contributed by atoms with van der Waals surface area (Å²) in [5.41, 5.74) is 4.10. The number of rotatable bonds is 7. The summed E-state index contributed by atoms with van der Waals surface area (Å²) in [6, 6.07) is 11.1. The van der Waals surface area contributed by atoms with Gasteiger partial charge in [-0.05, 0) is 69.2 Å². The Morgan fingerprint density at radius 1 is 0.962 bits per heavy atom. The van der Waals surface area contributed by atoms with Crippen LogP contribution in [0.25, 0.3) is 0 Å². The van der Waals surface area contributed by atoms with Crippen molar-refractivity contribution in [3.05, 3.63) is 53.1 Å². The number of hydrogen-bond acceptors (Lipinski definition) is 4. The predicted octanol–water partition coefficient (Wildman–Crippen LogP) is 4.00. The van der Waals surface area contributed by atoms with E-state index < -0.39 is 0 Å². The zero-order valence-corrected chi connectivity index (χ0v) is 16.3. The molecule has 0 heterocycles. The lowest BCUT2D eigenvalue weighted by atomic mass is 10.1. The molecule has 0 aliphatic heterocycles. The van der Waals surface area contributed by atoms with E-state index in [-0.39, 0.29) is 18.0 Å². The molecule has 0 spiro atoms. The fraction of sp³-hybridized carbons (Fsp3) is 0.381. The molecule has 26 heavy (non-hydrogen) atoms. The van der Waals surface area contributed by atoms with Crippen molar-refractivity contribution in [1.29, 1.82) is 0 Å². The van der Waals surface area contributed by atoms with E-state index in [1.54, 1.807) is 14.2 Å². The Bertz CT molecular complexity index is 774. The van der Waals surface area contributed by atoms with Crippen LogP contribution in [0, 0.1) is 13.8 Å². The molecule has 0 radical (unpaired) electrons. The quantitative estimate of drug-likeness (QED) is 0.787. The van der Waals surface area contributed by atoms with Crippen molar-refractivity contribution < 1.29 is 14.3 Å². The van der Waals surface area contributed by atoms with E-state index in [0.29, 0.717) is 0 Å². The Morgan fingerprint density at radius 3 is 2.31 bits per heavy atom. The summed E-state index contributed by atoms with van der Waals surface area (Å²) in [5.74, 6) is 1.43. The van der Waals surface area contributed by atoms with Crippen molar-refractivity contribution in [3.8, 4) is 11.5 Å². The first-order chi connectivity index (χ1) is 12.3. The normalized spacial score (nSPS) is 13.0.